The van der Waals surface area contributed by atoms with Gasteiger partial charge in [-0.15, -0.1) is 0 Å². The van der Waals surface area contributed by atoms with Crippen molar-refractivity contribution < 1.29 is 9.53 Å². The van der Waals surface area contributed by atoms with Gasteiger partial charge >= 0.3 is 0 Å². The van der Waals surface area contributed by atoms with Crippen LogP contribution in [0.25, 0.3) is 0 Å². The minimum Gasteiger partial charge on any atom is -0.483 e. The van der Waals surface area contributed by atoms with Gasteiger partial charge in [-0.2, -0.15) is 5.10 Å². The van der Waals surface area contributed by atoms with E-state index in [2.05, 4.69) is 63.2 Å². The lowest BCUT2D eigenvalue weighted by Gasteiger charge is -2.20. The molecule has 0 aliphatic heterocycles. The van der Waals surface area contributed by atoms with E-state index in [1.165, 1.54) is 5.56 Å². The van der Waals surface area contributed by atoms with Crippen LogP contribution in [0.15, 0.2) is 56.5 Å². The zero-order chi connectivity index (χ0) is 19.3. The molecule has 138 valence electrons. The van der Waals surface area contributed by atoms with E-state index in [0.29, 0.717) is 5.75 Å². The number of amides is 1. The molecule has 1 N–H and O–H groups in total. The van der Waals surface area contributed by atoms with E-state index < -0.39 is 0 Å². The van der Waals surface area contributed by atoms with Crippen molar-refractivity contribution in [2.45, 2.75) is 33.1 Å². The van der Waals surface area contributed by atoms with Gasteiger partial charge in [0.2, 0.25) is 0 Å². The molecular formula is C20H22Br2N2O2. The average Bonchev–Trinajstić information content (AvgIpc) is 2.58. The molecule has 0 heterocycles. The van der Waals surface area contributed by atoms with Crippen molar-refractivity contribution in [1.29, 1.82) is 0 Å². The van der Waals surface area contributed by atoms with E-state index >= 15 is 0 Å². The number of carbonyl (C=O) groups excluding carboxylic acids is 1. The van der Waals surface area contributed by atoms with Crippen LogP contribution in [0, 0.1) is 0 Å². The summed E-state index contributed by atoms with van der Waals surface area (Å²) in [5.74, 6) is 0.315. The van der Waals surface area contributed by atoms with Gasteiger partial charge in [0, 0.05) is 4.47 Å². The first-order valence-corrected chi connectivity index (χ1v) is 9.77. The molecule has 0 saturated carbocycles. The summed E-state index contributed by atoms with van der Waals surface area (Å²) >= 11 is 6.89. The Kier molecular flexibility index (Phi) is 7.01. The number of hydrazone groups is 1. The third kappa shape index (κ3) is 5.95. The first-order valence-electron chi connectivity index (χ1n) is 8.19. The highest BCUT2D eigenvalue weighted by Crippen LogP contribution is 2.31. The maximum absolute atomic E-state index is 12.0. The number of nitrogens with zero attached hydrogens (tertiary/aromatic N) is 1. The van der Waals surface area contributed by atoms with Crippen LogP contribution in [0.2, 0.25) is 0 Å². The number of benzene rings is 2. The quantitative estimate of drug-likeness (QED) is 0.457. The standard InChI is InChI=1S/C20H22Br2N2O2/c1-13(14-5-8-16(21)9-6-14)23-24-19(25)12-26-18-10-7-15(11-17(18)22)20(2,3)4/h5-11H,12H2,1-4H3,(H,24,25). The second-order valence-electron chi connectivity index (χ2n) is 6.92. The third-order valence-corrected chi connectivity index (χ3v) is 4.92. The van der Waals surface area contributed by atoms with Crippen LogP contribution in [0.1, 0.15) is 38.8 Å². The minimum absolute atomic E-state index is 0.0533. The van der Waals surface area contributed by atoms with Crippen LogP contribution >= 0.6 is 31.9 Å². The van der Waals surface area contributed by atoms with Gasteiger partial charge in [0.1, 0.15) is 5.75 Å². The Morgan fingerprint density at radius 1 is 1.12 bits per heavy atom. The first-order chi connectivity index (χ1) is 12.2. The molecule has 0 aliphatic carbocycles. The van der Waals surface area contributed by atoms with E-state index in [4.69, 9.17) is 4.74 Å². The number of hydrogen-bond acceptors (Lipinski definition) is 3. The zero-order valence-electron chi connectivity index (χ0n) is 15.3. The van der Waals surface area contributed by atoms with Crippen molar-refractivity contribution in [3.05, 3.63) is 62.5 Å². The molecule has 0 unspecified atom stereocenters. The predicted molar refractivity (Wildman–Crippen MR) is 113 cm³/mol. The van der Waals surface area contributed by atoms with Crippen molar-refractivity contribution in [3.8, 4) is 5.75 Å². The maximum atomic E-state index is 12.0. The van der Waals surface area contributed by atoms with Gasteiger partial charge in [-0.05, 0) is 63.7 Å². The SMILES string of the molecule is CC(=NNC(=O)COc1ccc(C(C)(C)C)cc1Br)c1ccc(Br)cc1. The zero-order valence-corrected chi connectivity index (χ0v) is 18.4. The lowest BCUT2D eigenvalue weighted by molar-refractivity contribution is -0.123. The van der Waals surface area contributed by atoms with E-state index in [-0.39, 0.29) is 17.9 Å². The van der Waals surface area contributed by atoms with Crippen LogP contribution < -0.4 is 10.2 Å². The van der Waals surface area contributed by atoms with Gasteiger partial charge in [0.05, 0.1) is 10.2 Å². The van der Waals surface area contributed by atoms with Crippen molar-refractivity contribution in [1.82, 2.24) is 5.43 Å². The molecule has 2 aromatic carbocycles. The van der Waals surface area contributed by atoms with Gasteiger partial charge in [-0.1, -0.05) is 54.9 Å². The molecule has 2 aromatic rings. The smallest absolute Gasteiger partial charge is 0.277 e. The van der Waals surface area contributed by atoms with Crippen LogP contribution in [-0.4, -0.2) is 18.2 Å². The summed E-state index contributed by atoms with van der Waals surface area (Å²) in [7, 11) is 0. The van der Waals surface area contributed by atoms with Gasteiger partial charge < -0.3 is 4.74 Å². The largest absolute Gasteiger partial charge is 0.483 e. The molecule has 0 aromatic heterocycles. The van der Waals surface area contributed by atoms with E-state index in [1.54, 1.807) is 0 Å². The number of nitrogens with one attached hydrogen (secondary N) is 1. The molecule has 4 nitrogen and oxygen atoms in total. The van der Waals surface area contributed by atoms with Gasteiger partial charge in [-0.3, -0.25) is 4.79 Å². The number of ether oxygens (including phenoxy) is 1. The molecule has 0 spiro atoms. The summed E-state index contributed by atoms with van der Waals surface area (Å²) in [6.45, 7) is 8.17. The fraction of sp³-hybridized carbons (Fsp3) is 0.300. The maximum Gasteiger partial charge on any atom is 0.277 e. The van der Waals surface area contributed by atoms with Gasteiger partial charge in [0.25, 0.3) is 5.91 Å². The lowest BCUT2D eigenvalue weighted by Crippen LogP contribution is -2.25. The summed E-state index contributed by atoms with van der Waals surface area (Å²) in [6.07, 6.45) is 0. The highest BCUT2D eigenvalue weighted by Gasteiger charge is 2.15. The minimum atomic E-state index is -0.312. The molecule has 0 atom stereocenters. The van der Waals surface area contributed by atoms with Gasteiger partial charge in [0.15, 0.2) is 6.61 Å². The number of halogens is 2. The highest BCUT2D eigenvalue weighted by molar-refractivity contribution is 9.10. The topological polar surface area (TPSA) is 50.7 Å². The van der Waals surface area contributed by atoms with Crippen molar-refractivity contribution >= 4 is 43.5 Å². The van der Waals surface area contributed by atoms with Gasteiger partial charge in [-0.25, -0.2) is 5.43 Å². The molecule has 0 saturated heterocycles. The molecule has 26 heavy (non-hydrogen) atoms. The molecule has 2 rings (SSSR count). The molecule has 0 aliphatic rings. The summed E-state index contributed by atoms with van der Waals surface area (Å²) < 4.78 is 7.41. The molecular weight excluding hydrogens is 460 g/mol. The summed E-state index contributed by atoms with van der Waals surface area (Å²) in [5.41, 5.74) is 5.43. The fourth-order valence-electron chi connectivity index (χ4n) is 2.16. The molecule has 0 fully saturated rings. The molecule has 1 amide bonds. The van der Waals surface area contributed by atoms with Crippen LogP contribution in [0.5, 0.6) is 5.75 Å². The lowest BCUT2D eigenvalue weighted by atomic mass is 9.87. The first kappa shape index (κ1) is 20.6. The number of carbonyl (C=O) groups is 1. The van der Waals surface area contributed by atoms with E-state index in [9.17, 15) is 4.79 Å². The summed E-state index contributed by atoms with van der Waals surface area (Å²) in [6, 6.07) is 13.6. The highest BCUT2D eigenvalue weighted by atomic mass is 79.9. The predicted octanol–water partition coefficient (Wildman–Crippen LogP) is 5.43. The fourth-order valence-corrected chi connectivity index (χ4v) is 2.92. The summed E-state index contributed by atoms with van der Waals surface area (Å²) in [4.78, 5) is 12.0. The molecule has 6 heteroatoms. The molecule has 0 radical (unpaired) electrons. The second kappa shape index (κ2) is 8.82. The van der Waals surface area contributed by atoms with Crippen molar-refractivity contribution in [3.63, 3.8) is 0 Å². The number of hydrogen-bond donors (Lipinski definition) is 1. The Labute approximate surface area is 171 Å². The number of rotatable bonds is 5. The monoisotopic (exact) mass is 480 g/mol. The Hall–Kier alpha value is -1.66. The van der Waals surface area contributed by atoms with E-state index in [0.717, 1.165) is 20.2 Å². The van der Waals surface area contributed by atoms with Crippen LogP contribution in [-0.2, 0) is 10.2 Å². The van der Waals surface area contributed by atoms with Crippen LogP contribution in [0.4, 0.5) is 0 Å². The summed E-state index contributed by atoms with van der Waals surface area (Å²) in [5, 5.41) is 4.12. The van der Waals surface area contributed by atoms with Crippen molar-refractivity contribution in [2.75, 3.05) is 6.61 Å². The van der Waals surface area contributed by atoms with Crippen LogP contribution in [0.3, 0.4) is 0 Å². The molecule has 0 bridgehead atoms. The third-order valence-electron chi connectivity index (χ3n) is 3.77. The van der Waals surface area contributed by atoms with Crippen molar-refractivity contribution in [2.24, 2.45) is 5.10 Å². The Balaban J connectivity index is 1.92. The average molecular weight is 482 g/mol. The second-order valence-corrected chi connectivity index (χ2v) is 8.69. The normalized spacial score (nSPS) is 12.0. The Morgan fingerprint density at radius 3 is 2.35 bits per heavy atom. The Bertz CT molecular complexity index is 810. The Morgan fingerprint density at radius 2 is 1.77 bits per heavy atom. The van der Waals surface area contributed by atoms with E-state index in [1.807, 2.05) is 49.4 Å².